The Labute approximate surface area is 171 Å². The minimum atomic E-state index is 0.0742. The summed E-state index contributed by atoms with van der Waals surface area (Å²) in [4.78, 5) is 22.2. The van der Waals surface area contributed by atoms with E-state index in [0.717, 1.165) is 51.3 Å². The number of hydrogen-bond acceptors (Lipinski definition) is 4. The Kier molecular flexibility index (Phi) is 4.59. The summed E-state index contributed by atoms with van der Waals surface area (Å²) in [5, 5.41) is 4.45. The number of hydrogen-bond donors (Lipinski definition) is 0. The summed E-state index contributed by atoms with van der Waals surface area (Å²) in [6.07, 6.45) is 6.96. The Hall–Kier alpha value is -2.73. The molecule has 1 aromatic carbocycles. The second-order valence-corrected chi connectivity index (χ2v) is 8.59. The first-order valence-corrected chi connectivity index (χ1v) is 10.5. The lowest BCUT2D eigenvalue weighted by atomic mass is 9.77. The second-order valence-electron chi connectivity index (χ2n) is 8.59. The third-order valence-corrected chi connectivity index (χ3v) is 6.66. The van der Waals surface area contributed by atoms with E-state index in [1.165, 1.54) is 12.0 Å². The third-order valence-electron chi connectivity index (χ3n) is 6.66. The highest BCUT2D eigenvalue weighted by molar-refractivity contribution is 6.01. The quantitative estimate of drug-likeness (QED) is 0.690. The molecule has 0 radical (unpaired) electrons. The smallest absolute Gasteiger partial charge is 0.259 e. The van der Waals surface area contributed by atoms with Crippen molar-refractivity contribution in [3.63, 3.8) is 0 Å². The average molecular weight is 390 g/mol. The fraction of sp³-hybridized carbons (Fsp3) is 0.435. The average Bonchev–Trinajstić information content (AvgIpc) is 3.28. The van der Waals surface area contributed by atoms with Crippen molar-refractivity contribution in [3.05, 3.63) is 65.6 Å². The predicted molar refractivity (Wildman–Crippen MR) is 112 cm³/mol. The van der Waals surface area contributed by atoms with Gasteiger partial charge in [-0.25, -0.2) is 9.50 Å². The summed E-state index contributed by atoms with van der Waals surface area (Å²) >= 11 is 0. The molecule has 0 saturated carbocycles. The number of aromatic nitrogens is 3. The van der Waals surface area contributed by atoms with E-state index in [-0.39, 0.29) is 5.91 Å². The van der Waals surface area contributed by atoms with E-state index in [4.69, 9.17) is 0 Å². The molecule has 2 fully saturated rings. The number of nitrogens with zero attached hydrogens (tertiary/aromatic N) is 5. The van der Waals surface area contributed by atoms with Crippen LogP contribution in [0.4, 0.5) is 0 Å². The number of likely N-dealkylation sites (tertiary alicyclic amines) is 2. The van der Waals surface area contributed by atoms with E-state index in [0.29, 0.717) is 16.6 Å². The number of rotatable bonds is 3. The molecular weight excluding hydrogens is 362 g/mol. The van der Waals surface area contributed by atoms with Crippen molar-refractivity contribution in [1.29, 1.82) is 0 Å². The van der Waals surface area contributed by atoms with E-state index in [9.17, 15) is 4.79 Å². The lowest BCUT2D eigenvalue weighted by Gasteiger charge is -2.39. The molecule has 2 aliphatic heterocycles. The number of aryl methyl sites for hydroxylation is 1. The Morgan fingerprint density at radius 1 is 1.07 bits per heavy atom. The molecule has 2 aromatic heterocycles. The van der Waals surface area contributed by atoms with Crippen LogP contribution in [-0.4, -0.2) is 56.5 Å². The van der Waals surface area contributed by atoms with Gasteiger partial charge in [0.2, 0.25) is 0 Å². The zero-order valence-electron chi connectivity index (χ0n) is 16.9. The van der Waals surface area contributed by atoms with E-state index in [1.54, 1.807) is 10.7 Å². The van der Waals surface area contributed by atoms with Crippen molar-refractivity contribution < 1.29 is 4.79 Å². The lowest BCUT2D eigenvalue weighted by molar-refractivity contribution is 0.0589. The topological polar surface area (TPSA) is 53.7 Å². The highest BCUT2D eigenvalue weighted by Gasteiger charge is 2.41. The fourth-order valence-electron chi connectivity index (χ4n) is 5.00. The van der Waals surface area contributed by atoms with Gasteiger partial charge in [-0.3, -0.25) is 9.69 Å². The van der Waals surface area contributed by atoms with Crippen molar-refractivity contribution in [2.45, 2.75) is 32.7 Å². The van der Waals surface area contributed by atoms with Gasteiger partial charge in [0.25, 0.3) is 5.91 Å². The number of fused-ring (bicyclic) bond motifs is 1. The van der Waals surface area contributed by atoms with Crippen LogP contribution < -0.4 is 0 Å². The Morgan fingerprint density at radius 2 is 1.83 bits per heavy atom. The summed E-state index contributed by atoms with van der Waals surface area (Å²) in [6.45, 7) is 6.86. The zero-order valence-corrected chi connectivity index (χ0v) is 16.9. The van der Waals surface area contributed by atoms with Crippen molar-refractivity contribution in [2.24, 2.45) is 5.41 Å². The first-order chi connectivity index (χ1) is 14.1. The van der Waals surface area contributed by atoms with Gasteiger partial charge in [0.1, 0.15) is 5.56 Å². The van der Waals surface area contributed by atoms with Crippen LogP contribution >= 0.6 is 0 Å². The first-order valence-electron chi connectivity index (χ1n) is 10.5. The number of benzene rings is 1. The largest absolute Gasteiger partial charge is 0.338 e. The van der Waals surface area contributed by atoms with Crippen LogP contribution in [0.15, 0.2) is 48.8 Å². The summed E-state index contributed by atoms with van der Waals surface area (Å²) < 4.78 is 1.70. The van der Waals surface area contributed by atoms with Crippen LogP contribution in [0, 0.1) is 12.3 Å². The molecule has 150 valence electrons. The lowest BCUT2D eigenvalue weighted by Crippen LogP contribution is -2.44. The molecule has 29 heavy (non-hydrogen) atoms. The molecule has 0 atom stereocenters. The summed E-state index contributed by atoms with van der Waals surface area (Å²) in [5.74, 6) is 0.0742. The molecule has 6 heteroatoms. The summed E-state index contributed by atoms with van der Waals surface area (Å²) in [7, 11) is 0. The summed E-state index contributed by atoms with van der Waals surface area (Å²) in [6, 6.07) is 12.5. The van der Waals surface area contributed by atoms with Crippen LogP contribution in [0.5, 0.6) is 0 Å². The maximum Gasteiger partial charge on any atom is 0.259 e. The van der Waals surface area contributed by atoms with Gasteiger partial charge in [-0.1, -0.05) is 30.3 Å². The molecular formula is C23H27N5O. The molecule has 0 unspecified atom stereocenters. The molecule has 1 amide bonds. The van der Waals surface area contributed by atoms with Gasteiger partial charge in [0.15, 0.2) is 5.65 Å². The minimum Gasteiger partial charge on any atom is -0.338 e. The standard InChI is InChI=1S/C23H27N5O/c1-18-20(21-24-11-5-12-28(21)25-18)22(29)27-14-9-23(10-15-27)8-13-26(17-23)16-19-6-3-2-4-7-19/h2-7,11-12H,8-10,13-17H2,1H3. The van der Waals surface area contributed by atoms with Gasteiger partial charge in [0, 0.05) is 38.6 Å². The van der Waals surface area contributed by atoms with Gasteiger partial charge in [-0.05, 0) is 49.8 Å². The highest BCUT2D eigenvalue weighted by Crippen LogP contribution is 2.41. The summed E-state index contributed by atoms with van der Waals surface area (Å²) in [5.41, 5.74) is 3.81. The maximum absolute atomic E-state index is 13.2. The van der Waals surface area contributed by atoms with E-state index >= 15 is 0 Å². The number of carbonyl (C=O) groups is 1. The Bertz CT molecular complexity index is 1020. The molecule has 2 saturated heterocycles. The Balaban J connectivity index is 1.25. The van der Waals surface area contributed by atoms with Crippen molar-refractivity contribution >= 4 is 11.6 Å². The second kappa shape index (κ2) is 7.26. The van der Waals surface area contributed by atoms with Crippen molar-refractivity contribution in [3.8, 4) is 0 Å². The molecule has 0 bridgehead atoms. The predicted octanol–water partition coefficient (Wildman–Crippen LogP) is 3.17. The van der Waals surface area contributed by atoms with Crippen LogP contribution in [-0.2, 0) is 6.54 Å². The molecule has 5 rings (SSSR count). The molecule has 3 aromatic rings. The zero-order chi connectivity index (χ0) is 19.8. The molecule has 4 heterocycles. The minimum absolute atomic E-state index is 0.0742. The maximum atomic E-state index is 13.2. The highest BCUT2D eigenvalue weighted by atomic mass is 16.2. The molecule has 2 aliphatic rings. The number of amides is 1. The molecule has 6 nitrogen and oxygen atoms in total. The van der Waals surface area contributed by atoms with Gasteiger partial charge in [0.05, 0.1) is 5.69 Å². The van der Waals surface area contributed by atoms with E-state index in [1.807, 2.05) is 24.1 Å². The van der Waals surface area contributed by atoms with Gasteiger partial charge in [-0.15, -0.1) is 0 Å². The molecule has 0 N–H and O–H groups in total. The number of carbonyl (C=O) groups excluding carboxylic acids is 1. The van der Waals surface area contributed by atoms with Crippen LogP contribution in [0.3, 0.4) is 0 Å². The van der Waals surface area contributed by atoms with Gasteiger partial charge in [-0.2, -0.15) is 5.10 Å². The monoisotopic (exact) mass is 389 g/mol. The van der Waals surface area contributed by atoms with Crippen LogP contribution in [0.2, 0.25) is 0 Å². The molecule has 1 spiro atoms. The van der Waals surface area contributed by atoms with E-state index in [2.05, 4.69) is 45.3 Å². The first kappa shape index (κ1) is 18.3. The van der Waals surface area contributed by atoms with E-state index < -0.39 is 0 Å². The Morgan fingerprint density at radius 3 is 2.62 bits per heavy atom. The SMILES string of the molecule is Cc1nn2cccnc2c1C(=O)N1CCC2(CCN(Cc3ccccc3)C2)CC1. The van der Waals surface area contributed by atoms with Crippen molar-refractivity contribution in [2.75, 3.05) is 26.2 Å². The third kappa shape index (κ3) is 3.42. The van der Waals surface area contributed by atoms with Gasteiger partial charge >= 0.3 is 0 Å². The number of piperidine rings is 1. The van der Waals surface area contributed by atoms with Crippen LogP contribution in [0.25, 0.3) is 5.65 Å². The van der Waals surface area contributed by atoms with Gasteiger partial charge < -0.3 is 4.90 Å². The van der Waals surface area contributed by atoms with Crippen molar-refractivity contribution in [1.82, 2.24) is 24.4 Å². The molecule has 0 aliphatic carbocycles. The van der Waals surface area contributed by atoms with Crippen LogP contribution in [0.1, 0.15) is 40.9 Å². The normalized spacial score (nSPS) is 19.3. The fourth-order valence-corrected chi connectivity index (χ4v) is 5.00.